The Labute approximate surface area is 153 Å². The lowest BCUT2D eigenvalue weighted by Gasteiger charge is -2.22. The predicted octanol–water partition coefficient (Wildman–Crippen LogP) is 4.20. The molecule has 4 nitrogen and oxygen atoms in total. The van der Waals surface area contributed by atoms with Crippen molar-refractivity contribution in [1.82, 2.24) is 9.88 Å². The van der Waals surface area contributed by atoms with Crippen molar-refractivity contribution >= 4 is 16.8 Å². The summed E-state index contributed by atoms with van der Waals surface area (Å²) in [5, 5.41) is 0.976. The smallest absolute Gasteiger partial charge is 0.254 e. The van der Waals surface area contributed by atoms with Gasteiger partial charge in [-0.2, -0.15) is 0 Å². The van der Waals surface area contributed by atoms with Gasteiger partial charge < -0.3 is 9.88 Å². The average molecular weight is 348 g/mol. The second-order valence-electron chi connectivity index (χ2n) is 6.81. The van der Waals surface area contributed by atoms with Crippen molar-refractivity contribution in [2.75, 3.05) is 6.54 Å². The first kappa shape index (κ1) is 17.9. The Morgan fingerprint density at radius 1 is 1.00 bits per heavy atom. The monoisotopic (exact) mass is 348 g/mol. The molecule has 2 aromatic carbocycles. The molecular formula is C22H24N2O2. The Morgan fingerprint density at radius 2 is 1.69 bits per heavy atom. The van der Waals surface area contributed by atoms with Gasteiger partial charge in [0.25, 0.3) is 11.5 Å². The summed E-state index contributed by atoms with van der Waals surface area (Å²) in [6, 6.07) is 15.4. The molecule has 26 heavy (non-hydrogen) atoms. The van der Waals surface area contributed by atoms with E-state index in [0.717, 1.165) is 28.5 Å². The second kappa shape index (κ2) is 7.56. The Kier molecular flexibility index (Phi) is 5.21. The van der Waals surface area contributed by atoms with Crippen molar-refractivity contribution in [1.29, 1.82) is 0 Å². The quantitative estimate of drug-likeness (QED) is 0.751. The molecule has 1 amide bonds. The molecule has 0 aliphatic rings. The minimum absolute atomic E-state index is 0.0461. The standard InChI is InChI=1S/C22H24N2O2/c1-4-11-24(22(26)17-8-5-15(2)6-9-17)14-19-13-18-10-7-16(3)12-20(18)23-21(19)25/h5-10,12-13H,4,11,14H2,1-3H3,(H,23,25). The van der Waals surface area contributed by atoms with Crippen molar-refractivity contribution in [3.63, 3.8) is 0 Å². The number of hydrogen-bond acceptors (Lipinski definition) is 2. The van der Waals surface area contributed by atoms with Crippen molar-refractivity contribution in [3.8, 4) is 0 Å². The van der Waals surface area contributed by atoms with Crippen molar-refractivity contribution in [2.45, 2.75) is 33.7 Å². The van der Waals surface area contributed by atoms with E-state index < -0.39 is 0 Å². The highest BCUT2D eigenvalue weighted by Crippen LogP contribution is 2.15. The van der Waals surface area contributed by atoms with Crippen LogP contribution in [0, 0.1) is 13.8 Å². The highest BCUT2D eigenvalue weighted by molar-refractivity contribution is 5.94. The third-order valence-electron chi connectivity index (χ3n) is 4.52. The lowest BCUT2D eigenvalue weighted by atomic mass is 10.1. The van der Waals surface area contributed by atoms with Gasteiger partial charge in [-0.3, -0.25) is 9.59 Å². The number of carbonyl (C=O) groups is 1. The number of benzene rings is 2. The normalized spacial score (nSPS) is 10.9. The summed E-state index contributed by atoms with van der Waals surface area (Å²) in [6.45, 7) is 6.93. The number of aryl methyl sites for hydroxylation is 2. The van der Waals surface area contributed by atoms with Gasteiger partial charge in [-0.1, -0.05) is 36.8 Å². The molecule has 1 aromatic heterocycles. The summed E-state index contributed by atoms with van der Waals surface area (Å²) in [4.78, 5) is 30.1. The molecule has 134 valence electrons. The molecule has 0 saturated heterocycles. The van der Waals surface area contributed by atoms with Crippen molar-refractivity contribution in [3.05, 3.63) is 81.1 Å². The van der Waals surface area contributed by atoms with E-state index in [-0.39, 0.29) is 11.5 Å². The summed E-state index contributed by atoms with van der Waals surface area (Å²) in [7, 11) is 0. The number of carbonyl (C=O) groups excluding carboxylic acids is 1. The number of fused-ring (bicyclic) bond motifs is 1. The van der Waals surface area contributed by atoms with Gasteiger partial charge in [-0.15, -0.1) is 0 Å². The molecule has 0 spiro atoms. The molecule has 0 unspecified atom stereocenters. The molecule has 0 radical (unpaired) electrons. The molecule has 0 atom stereocenters. The van der Waals surface area contributed by atoms with E-state index in [9.17, 15) is 9.59 Å². The zero-order valence-electron chi connectivity index (χ0n) is 15.5. The van der Waals surface area contributed by atoms with Crippen LogP contribution in [0.5, 0.6) is 0 Å². The molecule has 0 saturated carbocycles. The third-order valence-corrected chi connectivity index (χ3v) is 4.52. The molecule has 3 aromatic rings. The highest BCUT2D eigenvalue weighted by Gasteiger charge is 2.17. The minimum Gasteiger partial charge on any atom is -0.334 e. The first-order chi connectivity index (χ1) is 12.5. The van der Waals surface area contributed by atoms with E-state index in [1.165, 1.54) is 0 Å². The number of H-pyrrole nitrogens is 1. The maximum absolute atomic E-state index is 12.9. The van der Waals surface area contributed by atoms with E-state index in [4.69, 9.17) is 0 Å². The molecule has 4 heteroatoms. The van der Waals surface area contributed by atoms with Crippen LogP contribution < -0.4 is 5.56 Å². The average Bonchev–Trinajstić information content (AvgIpc) is 2.62. The molecule has 1 N–H and O–H groups in total. The number of hydrogen-bond donors (Lipinski definition) is 1. The topological polar surface area (TPSA) is 53.2 Å². The fourth-order valence-electron chi connectivity index (χ4n) is 3.08. The van der Waals surface area contributed by atoms with Gasteiger partial charge in [0, 0.05) is 23.2 Å². The van der Waals surface area contributed by atoms with E-state index >= 15 is 0 Å². The number of nitrogens with one attached hydrogen (secondary N) is 1. The zero-order chi connectivity index (χ0) is 18.7. The summed E-state index contributed by atoms with van der Waals surface area (Å²) in [5.41, 5.74) is 4.16. The Bertz CT molecular complexity index is 987. The number of nitrogens with zero attached hydrogens (tertiary/aromatic N) is 1. The molecule has 0 bridgehead atoms. The Balaban J connectivity index is 1.92. The number of rotatable bonds is 5. The van der Waals surface area contributed by atoms with Crippen LogP contribution in [-0.4, -0.2) is 22.3 Å². The highest BCUT2D eigenvalue weighted by atomic mass is 16.2. The molecular weight excluding hydrogens is 324 g/mol. The van der Waals surface area contributed by atoms with Gasteiger partial charge in [0.15, 0.2) is 0 Å². The SMILES string of the molecule is CCCN(Cc1cc2ccc(C)cc2[nH]c1=O)C(=O)c1ccc(C)cc1. The van der Waals surface area contributed by atoms with Crippen LogP contribution >= 0.6 is 0 Å². The molecule has 1 heterocycles. The first-order valence-corrected chi connectivity index (χ1v) is 8.96. The van der Waals surface area contributed by atoms with E-state index in [1.54, 1.807) is 4.90 Å². The van der Waals surface area contributed by atoms with Crippen LogP contribution in [0.15, 0.2) is 53.3 Å². The zero-order valence-corrected chi connectivity index (χ0v) is 15.5. The van der Waals surface area contributed by atoms with Crippen LogP contribution in [0.4, 0.5) is 0 Å². The van der Waals surface area contributed by atoms with E-state index in [1.807, 2.05) is 69.3 Å². The summed E-state index contributed by atoms with van der Waals surface area (Å²) < 4.78 is 0. The predicted molar refractivity (Wildman–Crippen MR) is 106 cm³/mol. The second-order valence-corrected chi connectivity index (χ2v) is 6.81. The number of amides is 1. The van der Waals surface area contributed by atoms with Crippen LogP contribution in [0.25, 0.3) is 10.9 Å². The van der Waals surface area contributed by atoms with Crippen LogP contribution in [-0.2, 0) is 6.54 Å². The number of aromatic amines is 1. The Hall–Kier alpha value is -2.88. The summed E-state index contributed by atoms with van der Waals surface area (Å²) in [5.74, 6) is -0.0461. The lowest BCUT2D eigenvalue weighted by Crippen LogP contribution is -2.33. The van der Waals surface area contributed by atoms with E-state index in [0.29, 0.717) is 24.2 Å². The van der Waals surface area contributed by atoms with Gasteiger partial charge >= 0.3 is 0 Å². The molecule has 0 aliphatic heterocycles. The van der Waals surface area contributed by atoms with E-state index in [2.05, 4.69) is 4.98 Å². The lowest BCUT2D eigenvalue weighted by molar-refractivity contribution is 0.0742. The third kappa shape index (κ3) is 3.85. The molecule has 0 aliphatic carbocycles. The first-order valence-electron chi connectivity index (χ1n) is 8.96. The Morgan fingerprint density at radius 3 is 2.38 bits per heavy atom. The maximum Gasteiger partial charge on any atom is 0.254 e. The molecule has 0 fully saturated rings. The van der Waals surface area contributed by atoms with Gasteiger partial charge in [0.1, 0.15) is 0 Å². The van der Waals surface area contributed by atoms with Crippen LogP contribution in [0.2, 0.25) is 0 Å². The fraction of sp³-hybridized carbons (Fsp3) is 0.273. The summed E-state index contributed by atoms with van der Waals surface area (Å²) >= 11 is 0. The minimum atomic E-state index is -0.138. The fourth-order valence-corrected chi connectivity index (χ4v) is 3.08. The van der Waals surface area contributed by atoms with Gasteiger partial charge in [0.2, 0.25) is 0 Å². The largest absolute Gasteiger partial charge is 0.334 e. The van der Waals surface area contributed by atoms with Gasteiger partial charge in [0.05, 0.1) is 6.54 Å². The maximum atomic E-state index is 12.9. The van der Waals surface area contributed by atoms with Crippen LogP contribution in [0.1, 0.15) is 40.4 Å². The van der Waals surface area contributed by atoms with Crippen molar-refractivity contribution in [2.24, 2.45) is 0 Å². The summed E-state index contributed by atoms with van der Waals surface area (Å²) in [6.07, 6.45) is 0.836. The van der Waals surface area contributed by atoms with Crippen molar-refractivity contribution < 1.29 is 4.79 Å². The van der Waals surface area contributed by atoms with Gasteiger partial charge in [-0.25, -0.2) is 0 Å². The molecule has 3 rings (SSSR count). The number of aromatic nitrogens is 1. The van der Waals surface area contributed by atoms with Gasteiger partial charge in [-0.05, 0) is 55.5 Å². The number of pyridine rings is 1. The van der Waals surface area contributed by atoms with Crippen LogP contribution in [0.3, 0.4) is 0 Å².